The molecule has 626 valence electrons. The number of nitrogens with one attached hydrogen (secondary N) is 2. The fraction of sp³-hybridized carbons (Fsp3) is 0.909. The summed E-state index contributed by atoms with van der Waals surface area (Å²) in [6, 6.07) is 6.29. The van der Waals surface area contributed by atoms with E-state index < -0.39 is 152 Å². The molecule has 0 aliphatic rings. The average Bonchev–Trinajstić information content (AvgIpc) is 0.819. The van der Waals surface area contributed by atoms with Gasteiger partial charge in [0.05, 0.1) is 0 Å². The van der Waals surface area contributed by atoms with Crippen LogP contribution in [0.2, 0.25) is 272 Å². The molecule has 0 amide bonds. The van der Waals surface area contributed by atoms with Crippen molar-refractivity contribution in [1.82, 2.24) is 19.1 Å². The van der Waals surface area contributed by atoms with Crippen LogP contribution in [0.25, 0.3) is 0 Å². The molecule has 0 saturated carbocycles. The molecule has 0 atom stereocenters. The molecule has 0 bridgehead atoms. The second kappa shape index (κ2) is 46.5. The maximum absolute atomic E-state index is 7.01. The zero-order valence-electron chi connectivity index (χ0n) is 76.0. The quantitative estimate of drug-likeness (QED) is 0.0333. The van der Waals surface area contributed by atoms with E-state index in [0.29, 0.717) is 13.2 Å². The largest absolute Gasteiger partial charge is 0.552 e. The van der Waals surface area contributed by atoms with Crippen LogP contribution < -0.4 is 10.6 Å². The van der Waals surface area contributed by atoms with E-state index in [-0.39, 0.29) is 0 Å². The second-order valence-corrected chi connectivity index (χ2v) is 112. The summed E-state index contributed by atoms with van der Waals surface area (Å²) in [6.45, 7) is 90.1. The minimum atomic E-state index is -2.94. The van der Waals surface area contributed by atoms with E-state index in [1.807, 2.05) is 12.2 Å². The van der Waals surface area contributed by atoms with E-state index >= 15 is 0 Å². The molecule has 0 saturated heterocycles. The number of ether oxygens (including phenoxy) is 2. The van der Waals surface area contributed by atoms with E-state index in [2.05, 4.69) is 280 Å². The van der Waals surface area contributed by atoms with Crippen molar-refractivity contribution in [1.29, 1.82) is 0 Å². The van der Waals surface area contributed by atoms with Crippen LogP contribution in [-0.4, -0.2) is 241 Å². The van der Waals surface area contributed by atoms with Crippen molar-refractivity contribution in [2.75, 3.05) is 80.9 Å². The van der Waals surface area contributed by atoms with Crippen LogP contribution in [0.1, 0.15) is 38.5 Å². The molecule has 20 nitrogen and oxygen atoms in total. The van der Waals surface area contributed by atoms with Crippen molar-refractivity contribution in [3.63, 3.8) is 0 Å². The Morgan fingerprint density at radius 2 is 0.486 bits per heavy atom. The maximum atomic E-state index is 7.01. The first-order chi connectivity index (χ1) is 46.5. The Bertz CT molecular complexity index is 2240. The summed E-state index contributed by atoms with van der Waals surface area (Å²) in [5, 5.41) is 7.32. The molecule has 105 heavy (non-hydrogen) atoms. The fourth-order valence-electron chi connectivity index (χ4n) is 15.0. The van der Waals surface area contributed by atoms with E-state index in [1.165, 1.54) is 50.1 Å². The first kappa shape index (κ1) is 111. The van der Waals surface area contributed by atoms with Crippen molar-refractivity contribution >= 4 is 152 Å². The first-order valence-corrected chi connectivity index (χ1v) is 91.8. The van der Waals surface area contributed by atoms with Gasteiger partial charge in [0.1, 0.15) is 32.9 Å². The van der Waals surface area contributed by atoms with Crippen LogP contribution in [0.4, 0.5) is 0 Å². The van der Waals surface area contributed by atoms with Crippen molar-refractivity contribution in [2.24, 2.45) is 0 Å². The molecule has 0 aromatic heterocycles. The smallest absolute Gasteiger partial charge is 0.491 e. The van der Waals surface area contributed by atoms with Crippen molar-refractivity contribution in [2.45, 2.75) is 310 Å². The molecule has 0 heterocycles. The number of nitrogens with zero attached hydrogens (tertiary/aromatic N) is 2. The monoisotopic (exact) mass is 2050 g/mol. The fourth-order valence-corrected chi connectivity index (χ4v) is 96.8. The summed E-state index contributed by atoms with van der Waals surface area (Å²) in [5.74, 6) is 0. The van der Waals surface area contributed by atoms with Gasteiger partial charge in [-0.3, -0.25) is 0 Å². The molecule has 0 aliphatic carbocycles. The van der Waals surface area contributed by atoms with Gasteiger partial charge in [0, 0.05) is 53.7 Å². The third-order valence-electron chi connectivity index (χ3n) is 17.1. The molecule has 0 fully saturated rings. The minimum absolute atomic E-state index is 0. The molecule has 0 rings (SSSR count). The Balaban J connectivity index is -0.00000196. The Morgan fingerprint density at radius 3 is 0.705 bits per heavy atom. The van der Waals surface area contributed by atoms with Gasteiger partial charge in [-0.2, -0.15) is 0 Å². The Kier molecular flexibility index (Phi) is 49.0. The van der Waals surface area contributed by atoms with Gasteiger partial charge in [0.15, 0.2) is 49.9 Å². The van der Waals surface area contributed by atoms with Gasteiger partial charge in [-0.1, -0.05) is 102 Å². The Hall–Kier alpha value is 1.58. The third-order valence-corrected chi connectivity index (χ3v) is 84.4. The molecular weight excluding hydrogens is 1880 g/mol. The van der Waals surface area contributed by atoms with Gasteiger partial charge in [0.25, 0.3) is 0 Å². The molecule has 0 spiro atoms. The molecule has 0 unspecified atom stereocenters. The van der Waals surface area contributed by atoms with Crippen LogP contribution in [0, 0.1) is 14.2 Å². The van der Waals surface area contributed by atoms with Gasteiger partial charge in [0.2, 0.25) is 0 Å². The zero-order chi connectivity index (χ0) is 81.9. The summed E-state index contributed by atoms with van der Waals surface area (Å²) >= 11 is 0. The summed E-state index contributed by atoms with van der Waals surface area (Å²) in [7, 11) is -24.2. The van der Waals surface area contributed by atoms with Gasteiger partial charge in [-0.15, -0.1) is 0 Å². The second-order valence-electron chi connectivity index (χ2n) is 38.5. The van der Waals surface area contributed by atoms with Crippen LogP contribution in [0.15, 0.2) is 23.6 Å². The van der Waals surface area contributed by atoms with Crippen molar-refractivity contribution in [3.05, 3.63) is 37.8 Å². The maximum Gasteiger partial charge on any atom is 0.491 e. The van der Waals surface area contributed by atoms with Gasteiger partial charge in [-0.25, -0.2) is 14.2 Å². The molecule has 0 aromatic carbocycles. The predicted molar refractivity (Wildman–Crippen MR) is 490 cm³/mol. The summed E-state index contributed by atoms with van der Waals surface area (Å²) in [6.07, 6.45) is 10.5. The zero-order valence-corrected chi connectivity index (χ0v) is 100. The number of rotatable bonds is 58. The summed E-state index contributed by atoms with van der Waals surface area (Å²) in [5.41, 5.74) is 4.25. The van der Waals surface area contributed by atoms with Gasteiger partial charge >= 0.3 is 69.0 Å². The Labute approximate surface area is 663 Å². The molecule has 0 aliphatic heterocycles. The molecule has 0 radical (unpaired) electrons. The van der Waals surface area contributed by atoms with Crippen LogP contribution in [0.3, 0.4) is 0 Å². The van der Waals surface area contributed by atoms with E-state index in [0.717, 1.165) is 64.0 Å². The Morgan fingerprint density at radius 1 is 0.276 bits per heavy atom. The molecular formula is C66H170N4O16RfSi18-2. The predicted octanol–water partition coefficient (Wildman–Crippen LogP) is 19.3. The minimum Gasteiger partial charge on any atom is -0.552 e. The van der Waals surface area contributed by atoms with Crippen molar-refractivity contribution in [3.8, 4) is 0 Å². The molecule has 39 heteroatoms. The standard InChI is InChI=1S/2C33H85N2O8Si9.Rf/c2*1-36-29-25-32-48(14,15)40-49(16,17)41-50(18,19)42-51(20,21)43-52(37-2,38-3)33-23-27-34-26-22-30-46(10,11)39-47(12,13)31-24-28-35(44(4,5)6)45(7,8)9;/h2*25,32,34H,1,22-24,26-31,33H2,2-21H3;/q2*-1;/b2*32-25+;. The normalized spacial score (nSPS) is 14.9. The first-order valence-electron chi connectivity index (χ1n) is 38.8. The van der Waals surface area contributed by atoms with Crippen LogP contribution in [-0.2, 0) is 68.3 Å². The number of hydrogen-bond donors (Lipinski definition) is 2. The van der Waals surface area contributed by atoms with E-state index in [4.69, 9.17) is 68.3 Å². The number of hydrogen-bond acceptors (Lipinski definition) is 20. The summed E-state index contributed by atoms with van der Waals surface area (Å²) in [4.78, 5) is 0. The summed E-state index contributed by atoms with van der Waals surface area (Å²) < 4.78 is 107. The van der Waals surface area contributed by atoms with E-state index in [1.54, 1.807) is 28.4 Å². The van der Waals surface area contributed by atoms with E-state index in [9.17, 15) is 0 Å². The van der Waals surface area contributed by atoms with Crippen molar-refractivity contribution < 1.29 is 68.3 Å². The van der Waals surface area contributed by atoms with Crippen LogP contribution >= 0.6 is 0 Å². The SMILES string of the molecule is [CH2-]OC/C=C/[Si](C)(C)O[Si](C)(C)O[Si](C)(C)O[Si](C)(C)O[Si](CCCNCCC[Si](C)(C)O[Si](C)(C)CCCN([Si](C)(C)C)[Si](C)(C)C)(OC)OC.[CH2-]OC/C=C/[Si](C)(C)O[Si](C)(C)O[Si](C)(C)O[Si](C)(C)O[Si](CCCNCCC[Si](C)(C)O[Si](C)(C)CCCN([Si](C)(C)C)[Si](C)(C)C)(OC)OC.[Rf]. The average molecular weight is 2050 g/mol. The van der Waals surface area contributed by atoms with Gasteiger partial charge in [-0.05, 0) is 259 Å². The topological polar surface area (TPSA) is 178 Å². The molecule has 2 N–H and O–H groups in total. The third kappa shape index (κ3) is 52.0. The molecule has 0 aromatic rings. The van der Waals surface area contributed by atoms with Gasteiger partial charge < -0.3 is 87.4 Å². The van der Waals surface area contributed by atoms with Crippen LogP contribution in [0.5, 0.6) is 0 Å².